The van der Waals surface area contributed by atoms with Gasteiger partial charge in [-0.25, -0.2) is 4.79 Å². The van der Waals surface area contributed by atoms with Gasteiger partial charge < -0.3 is 36.2 Å². The van der Waals surface area contributed by atoms with Gasteiger partial charge in [0, 0.05) is 6.54 Å². The fourth-order valence-corrected chi connectivity index (χ4v) is 6.69. The molecule has 11 heteroatoms. The van der Waals surface area contributed by atoms with Gasteiger partial charge in [0.25, 0.3) is 0 Å². The molecule has 0 radical (unpaired) electrons. The minimum absolute atomic E-state index is 0.00931. The van der Waals surface area contributed by atoms with Gasteiger partial charge in [-0.2, -0.15) is 0 Å². The van der Waals surface area contributed by atoms with E-state index in [1.165, 1.54) is 0 Å². The zero-order valence-electron chi connectivity index (χ0n) is 28.1. The summed E-state index contributed by atoms with van der Waals surface area (Å²) in [5.41, 5.74) is 1.90. The Morgan fingerprint density at radius 2 is 1.50 bits per heavy atom. The van der Waals surface area contributed by atoms with Crippen molar-refractivity contribution in [1.82, 2.24) is 21.3 Å². The van der Waals surface area contributed by atoms with Crippen LogP contribution < -0.4 is 21.3 Å². The maximum absolute atomic E-state index is 13.3. The third-order valence-electron chi connectivity index (χ3n) is 9.20. The molecule has 4 amide bonds. The monoisotopic (exact) mass is 664 g/mol. The summed E-state index contributed by atoms with van der Waals surface area (Å²) in [7, 11) is 0. The molecular weight excluding hydrogens is 612 g/mol. The summed E-state index contributed by atoms with van der Waals surface area (Å²) in [4.78, 5) is 51.0. The third kappa shape index (κ3) is 12.6. The van der Waals surface area contributed by atoms with E-state index in [9.17, 15) is 29.4 Å². The molecular formula is C37H52N4O7. The molecule has 48 heavy (non-hydrogen) atoms. The summed E-state index contributed by atoms with van der Waals surface area (Å²) in [5, 5.41) is 31.9. The molecule has 1 saturated carbocycles. The maximum atomic E-state index is 13.3. The average molecular weight is 665 g/mol. The highest BCUT2D eigenvalue weighted by molar-refractivity contribution is 5.87. The van der Waals surface area contributed by atoms with Crippen molar-refractivity contribution < 1.29 is 34.1 Å². The predicted octanol–water partition coefficient (Wildman–Crippen LogP) is 4.08. The standard InChI is InChI=1S/C37H52N4O7/c1-24(2)18-30(36(45)38-23-27-16-10-5-11-17-27)40-33(43)21-31(42)28(19-25-12-6-3-7-13-25)39-34(44)22-32-35(48-32)29(41-37(46)47)20-26-14-8-4-9-15-26/h4-5,8-11,14-17,24-25,28-32,35,41-42H,3,6-7,12-13,18-23H2,1-2H3,(H,38,45)(H,39,44)(H,40,43)(H,46,47). The predicted molar refractivity (Wildman–Crippen MR) is 182 cm³/mol. The molecule has 2 aromatic carbocycles. The summed E-state index contributed by atoms with van der Waals surface area (Å²) in [5.74, 6) is -0.606. The Hall–Kier alpha value is -3.96. The first-order chi connectivity index (χ1) is 23.1. The lowest BCUT2D eigenvalue weighted by Crippen LogP contribution is -2.50. The van der Waals surface area contributed by atoms with Crippen LogP contribution in [0.5, 0.6) is 0 Å². The van der Waals surface area contributed by atoms with Gasteiger partial charge in [-0.3, -0.25) is 14.4 Å². The zero-order chi connectivity index (χ0) is 34.5. The van der Waals surface area contributed by atoms with E-state index < -0.39 is 48.4 Å². The Labute approximate surface area is 283 Å². The van der Waals surface area contributed by atoms with Crippen molar-refractivity contribution in [3.05, 3.63) is 71.8 Å². The van der Waals surface area contributed by atoms with Crippen molar-refractivity contribution in [1.29, 1.82) is 0 Å². The van der Waals surface area contributed by atoms with E-state index in [-0.39, 0.29) is 30.6 Å². The Morgan fingerprint density at radius 3 is 2.12 bits per heavy atom. The van der Waals surface area contributed by atoms with Crippen LogP contribution in [0.2, 0.25) is 0 Å². The van der Waals surface area contributed by atoms with Crippen molar-refractivity contribution >= 4 is 23.8 Å². The number of nitrogens with one attached hydrogen (secondary N) is 4. The number of aliphatic hydroxyl groups is 1. The van der Waals surface area contributed by atoms with Gasteiger partial charge in [0.15, 0.2) is 0 Å². The average Bonchev–Trinajstić information content (AvgIpc) is 3.82. The first kappa shape index (κ1) is 36.9. The summed E-state index contributed by atoms with van der Waals surface area (Å²) >= 11 is 0. The molecule has 1 saturated heterocycles. The first-order valence-electron chi connectivity index (χ1n) is 17.3. The molecule has 6 N–H and O–H groups in total. The number of rotatable bonds is 18. The fourth-order valence-electron chi connectivity index (χ4n) is 6.69. The van der Waals surface area contributed by atoms with Gasteiger partial charge in [-0.15, -0.1) is 0 Å². The van der Waals surface area contributed by atoms with Gasteiger partial charge in [-0.05, 0) is 42.2 Å². The van der Waals surface area contributed by atoms with Gasteiger partial charge in [0.1, 0.15) is 12.1 Å². The smallest absolute Gasteiger partial charge is 0.404 e. The fraction of sp³-hybridized carbons (Fsp3) is 0.568. The van der Waals surface area contributed by atoms with E-state index in [2.05, 4.69) is 21.3 Å². The molecule has 0 bridgehead atoms. The molecule has 6 unspecified atom stereocenters. The Balaban J connectivity index is 1.34. The minimum Gasteiger partial charge on any atom is -0.465 e. The van der Waals surface area contributed by atoms with E-state index in [4.69, 9.17) is 4.74 Å². The second-order valence-electron chi connectivity index (χ2n) is 13.7. The van der Waals surface area contributed by atoms with Gasteiger partial charge >= 0.3 is 6.09 Å². The quantitative estimate of drug-likeness (QED) is 0.131. The molecule has 0 spiro atoms. The van der Waals surface area contributed by atoms with E-state index in [0.29, 0.717) is 31.7 Å². The Morgan fingerprint density at radius 1 is 0.854 bits per heavy atom. The third-order valence-corrected chi connectivity index (χ3v) is 9.20. The number of amides is 4. The molecule has 2 fully saturated rings. The number of aliphatic hydroxyl groups excluding tert-OH is 1. The lowest BCUT2D eigenvalue weighted by molar-refractivity contribution is -0.131. The first-order valence-corrected chi connectivity index (χ1v) is 17.3. The van der Waals surface area contributed by atoms with Crippen molar-refractivity contribution in [3.63, 3.8) is 0 Å². The van der Waals surface area contributed by atoms with Crippen molar-refractivity contribution in [2.45, 2.75) is 121 Å². The van der Waals surface area contributed by atoms with Crippen LogP contribution in [0, 0.1) is 11.8 Å². The molecule has 1 heterocycles. The highest BCUT2D eigenvalue weighted by Crippen LogP contribution is 2.31. The number of benzene rings is 2. The minimum atomic E-state index is -1.16. The number of hydrogen-bond acceptors (Lipinski definition) is 6. The van der Waals surface area contributed by atoms with Crippen LogP contribution in [0.25, 0.3) is 0 Å². The largest absolute Gasteiger partial charge is 0.465 e. The number of hydrogen-bond donors (Lipinski definition) is 6. The van der Waals surface area contributed by atoms with Crippen molar-refractivity contribution in [2.24, 2.45) is 11.8 Å². The van der Waals surface area contributed by atoms with E-state index in [0.717, 1.165) is 43.2 Å². The van der Waals surface area contributed by atoms with E-state index in [1.807, 2.05) is 74.5 Å². The number of carboxylic acid groups (broad SMARTS) is 1. The van der Waals surface area contributed by atoms with Crippen LogP contribution in [-0.4, -0.2) is 70.5 Å². The van der Waals surface area contributed by atoms with Gasteiger partial charge in [0.05, 0.1) is 37.1 Å². The summed E-state index contributed by atoms with van der Waals surface area (Å²) in [6.07, 6.45) is 3.27. The van der Waals surface area contributed by atoms with Gasteiger partial charge in [-0.1, -0.05) is 107 Å². The molecule has 2 aromatic rings. The van der Waals surface area contributed by atoms with E-state index >= 15 is 0 Å². The molecule has 4 rings (SSSR count). The number of carbonyl (C=O) groups is 4. The van der Waals surface area contributed by atoms with Gasteiger partial charge in [0.2, 0.25) is 17.7 Å². The molecule has 6 atom stereocenters. The summed E-state index contributed by atoms with van der Waals surface area (Å²) in [6.45, 7) is 4.29. The van der Waals surface area contributed by atoms with Crippen LogP contribution in [0.4, 0.5) is 4.79 Å². The normalized spacial score (nSPS) is 20.2. The molecule has 2 aliphatic rings. The second kappa shape index (κ2) is 18.5. The van der Waals surface area contributed by atoms with Crippen LogP contribution in [-0.2, 0) is 32.1 Å². The van der Waals surface area contributed by atoms with E-state index in [1.54, 1.807) is 0 Å². The van der Waals surface area contributed by atoms with Crippen LogP contribution in [0.1, 0.15) is 82.8 Å². The lowest BCUT2D eigenvalue weighted by atomic mass is 9.83. The van der Waals surface area contributed by atoms with Crippen LogP contribution in [0.15, 0.2) is 60.7 Å². The number of carbonyl (C=O) groups excluding carboxylic acids is 3. The topological polar surface area (TPSA) is 169 Å². The summed E-state index contributed by atoms with van der Waals surface area (Å²) < 4.78 is 5.77. The number of epoxide rings is 1. The molecule has 1 aliphatic heterocycles. The van der Waals surface area contributed by atoms with Crippen molar-refractivity contribution in [2.75, 3.05) is 0 Å². The maximum Gasteiger partial charge on any atom is 0.404 e. The SMILES string of the molecule is CC(C)CC(NC(=O)CC(O)C(CC1CCCCC1)NC(=O)CC1OC1C(Cc1ccccc1)NC(=O)O)C(=O)NCc1ccccc1. The van der Waals surface area contributed by atoms with Crippen LogP contribution in [0.3, 0.4) is 0 Å². The summed E-state index contributed by atoms with van der Waals surface area (Å²) in [6, 6.07) is 17.1. The van der Waals surface area contributed by atoms with Crippen LogP contribution >= 0.6 is 0 Å². The molecule has 11 nitrogen and oxygen atoms in total. The number of ether oxygens (including phenoxy) is 1. The Kier molecular flexibility index (Phi) is 14.2. The molecule has 1 aliphatic carbocycles. The zero-order valence-corrected chi connectivity index (χ0v) is 28.1. The van der Waals surface area contributed by atoms with Crippen molar-refractivity contribution in [3.8, 4) is 0 Å². The highest BCUT2D eigenvalue weighted by atomic mass is 16.6. The molecule has 0 aromatic heterocycles. The highest BCUT2D eigenvalue weighted by Gasteiger charge is 2.46. The second-order valence-corrected chi connectivity index (χ2v) is 13.7. The lowest BCUT2D eigenvalue weighted by Gasteiger charge is -2.30. The molecule has 262 valence electrons. The Bertz CT molecular complexity index is 1320.